The number of hydrogen-bond acceptors (Lipinski definition) is 4. The first-order valence-electron chi connectivity index (χ1n) is 6.64. The third-order valence-corrected chi connectivity index (χ3v) is 5.22. The van der Waals surface area contributed by atoms with E-state index in [1.54, 1.807) is 0 Å². The van der Waals surface area contributed by atoms with Crippen molar-refractivity contribution in [2.75, 3.05) is 52.1 Å². The molecule has 0 radical (unpaired) electrons. The van der Waals surface area contributed by atoms with Crippen molar-refractivity contribution in [1.29, 1.82) is 0 Å². The Kier molecular flexibility index (Phi) is 6.70. The second-order valence-electron chi connectivity index (χ2n) is 4.95. The van der Waals surface area contributed by atoms with Crippen molar-refractivity contribution in [3.63, 3.8) is 0 Å². The Hall–Kier alpha value is -0.380. The van der Waals surface area contributed by atoms with Crippen LogP contribution in [0, 0.1) is 0 Å². The zero-order valence-corrected chi connectivity index (χ0v) is 12.4. The van der Waals surface area contributed by atoms with Gasteiger partial charge in [-0.15, -0.1) is 0 Å². The van der Waals surface area contributed by atoms with Crippen LogP contribution in [-0.2, 0) is 10.0 Å². The highest BCUT2D eigenvalue weighted by Gasteiger charge is 2.28. The number of likely N-dealkylation sites (N-methyl/N-ethyl adjacent to an activating group) is 1. The number of alkyl halides is 3. The minimum atomic E-state index is -4.30. The monoisotopic (exact) mass is 317 g/mol. The summed E-state index contributed by atoms with van der Waals surface area (Å²) in [4.78, 5) is 2.14. The fourth-order valence-corrected chi connectivity index (χ4v) is 3.15. The maximum absolute atomic E-state index is 12.0. The van der Waals surface area contributed by atoms with Crippen LogP contribution in [0.15, 0.2) is 0 Å². The lowest BCUT2D eigenvalue weighted by Crippen LogP contribution is -2.46. The van der Waals surface area contributed by atoms with E-state index in [0.717, 1.165) is 30.5 Å². The van der Waals surface area contributed by atoms with Crippen LogP contribution in [0.25, 0.3) is 0 Å². The van der Waals surface area contributed by atoms with Gasteiger partial charge in [-0.05, 0) is 6.42 Å². The minimum absolute atomic E-state index is 0.314. The Labute approximate surface area is 118 Å². The molecule has 0 aliphatic carbocycles. The first kappa shape index (κ1) is 17.7. The Morgan fingerprint density at radius 3 is 2.40 bits per heavy atom. The molecule has 0 atom stereocenters. The summed E-state index contributed by atoms with van der Waals surface area (Å²) in [6.07, 6.45) is -5.74. The summed E-state index contributed by atoms with van der Waals surface area (Å²) in [7, 11) is -2.17. The highest BCUT2D eigenvalue weighted by atomic mass is 32.2. The van der Waals surface area contributed by atoms with Crippen molar-refractivity contribution >= 4 is 10.0 Å². The summed E-state index contributed by atoms with van der Waals surface area (Å²) in [6.45, 7) is 4.40. The van der Waals surface area contributed by atoms with Crippen molar-refractivity contribution in [3.05, 3.63) is 0 Å². The van der Waals surface area contributed by atoms with Gasteiger partial charge in [0, 0.05) is 52.7 Å². The van der Waals surface area contributed by atoms with E-state index in [2.05, 4.69) is 10.2 Å². The molecule has 0 amide bonds. The van der Waals surface area contributed by atoms with Gasteiger partial charge in [0.05, 0.1) is 5.75 Å². The fourth-order valence-electron chi connectivity index (χ4n) is 1.97. The smallest absolute Gasteiger partial charge is 0.314 e. The molecule has 1 saturated heterocycles. The zero-order chi connectivity index (χ0) is 15.2. The van der Waals surface area contributed by atoms with Gasteiger partial charge in [0.1, 0.15) is 0 Å². The van der Waals surface area contributed by atoms with Gasteiger partial charge in [0.25, 0.3) is 0 Å². The van der Waals surface area contributed by atoms with Gasteiger partial charge in [-0.2, -0.15) is 13.2 Å². The molecule has 0 unspecified atom stereocenters. The molecule has 0 spiro atoms. The van der Waals surface area contributed by atoms with E-state index in [4.69, 9.17) is 0 Å². The van der Waals surface area contributed by atoms with E-state index in [-0.39, 0.29) is 6.42 Å². The number of rotatable bonds is 7. The standard InChI is InChI=1S/C11H22F3N3O2S/c1-16(8-9-17-6-4-15-5-7-17)20(18,19)10-2-3-11(12,13)14/h15H,2-10H2,1H3. The second kappa shape index (κ2) is 7.58. The maximum Gasteiger partial charge on any atom is 0.389 e. The molecule has 1 fully saturated rings. The third-order valence-electron chi connectivity index (χ3n) is 3.28. The van der Waals surface area contributed by atoms with Crippen molar-refractivity contribution in [3.8, 4) is 0 Å². The highest BCUT2D eigenvalue weighted by Crippen LogP contribution is 2.21. The van der Waals surface area contributed by atoms with Crippen LogP contribution in [0.1, 0.15) is 12.8 Å². The Bertz CT molecular complexity index is 381. The maximum atomic E-state index is 12.0. The molecular formula is C11H22F3N3O2S. The lowest BCUT2D eigenvalue weighted by molar-refractivity contribution is -0.134. The lowest BCUT2D eigenvalue weighted by Gasteiger charge is -2.28. The molecular weight excluding hydrogens is 295 g/mol. The van der Waals surface area contributed by atoms with Gasteiger partial charge in [-0.1, -0.05) is 0 Å². The third kappa shape index (κ3) is 6.87. The molecule has 1 N–H and O–H groups in total. The largest absolute Gasteiger partial charge is 0.389 e. The normalized spacial score (nSPS) is 18.6. The quantitative estimate of drug-likeness (QED) is 0.743. The zero-order valence-electron chi connectivity index (χ0n) is 11.6. The summed E-state index contributed by atoms with van der Waals surface area (Å²) in [5, 5.41) is 3.19. The van der Waals surface area contributed by atoms with E-state index in [0.29, 0.717) is 13.1 Å². The topological polar surface area (TPSA) is 52.6 Å². The SMILES string of the molecule is CN(CCN1CCNCC1)S(=O)(=O)CCCC(F)(F)F. The number of halogens is 3. The van der Waals surface area contributed by atoms with Gasteiger partial charge in [-0.25, -0.2) is 12.7 Å². The summed E-state index contributed by atoms with van der Waals surface area (Å²) >= 11 is 0. The summed E-state index contributed by atoms with van der Waals surface area (Å²) in [6, 6.07) is 0. The van der Waals surface area contributed by atoms with Crippen LogP contribution in [0.4, 0.5) is 13.2 Å². The minimum Gasteiger partial charge on any atom is -0.314 e. The van der Waals surface area contributed by atoms with Crippen molar-refractivity contribution < 1.29 is 21.6 Å². The van der Waals surface area contributed by atoms with E-state index in [1.165, 1.54) is 7.05 Å². The molecule has 120 valence electrons. The lowest BCUT2D eigenvalue weighted by atomic mass is 10.3. The molecule has 0 aromatic heterocycles. The molecule has 0 bridgehead atoms. The van der Waals surface area contributed by atoms with Gasteiger partial charge < -0.3 is 5.32 Å². The summed E-state index contributed by atoms with van der Waals surface area (Å²) in [5.41, 5.74) is 0. The van der Waals surface area contributed by atoms with Crippen molar-refractivity contribution in [2.24, 2.45) is 0 Å². The van der Waals surface area contributed by atoms with Gasteiger partial charge in [0.15, 0.2) is 0 Å². The van der Waals surface area contributed by atoms with Crippen LogP contribution in [0.2, 0.25) is 0 Å². The predicted octanol–water partition coefficient (Wildman–Crippen LogP) is 0.496. The summed E-state index contributed by atoms with van der Waals surface area (Å²) in [5.74, 6) is -0.454. The second-order valence-corrected chi connectivity index (χ2v) is 7.14. The molecule has 0 aromatic rings. The molecule has 1 rings (SSSR count). The number of nitrogens with zero attached hydrogens (tertiary/aromatic N) is 2. The van der Waals surface area contributed by atoms with Crippen LogP contribution < -0.4 is 5.32 Å². The number of piperazine rings is 1. The Morgan fingerprint density at radius 2 is 1.85 bits per heavy atom. The molecule has 20 heavy (non-hydrogen) atoms. The average Bonchev–Trinajstić information content (AvgIpc) is 2.35. The molecule has 0 aromatic carbocycles. The van der Waals surface area contributed by atoms with Crippen LogP contribution in [0.3, 0.4) is 0 Å². The Morgan fingerprint density at radius 1 is 1.25 bits per heavy atom. The summed E-state index contributed by atoms with van der Waals surface area (Å²) < 4.78 is 60.8. The van der Waals surface area contributed by atoms with E-state index in [1.807, 2.05) is 0 Å². The van der Waals surface area contributed by atoms with E-state index in [9.17, 15) is 21.6 Å². The highest BCUT2D eigenvalue weighted by molar-refractivity contribution is 7.89. The Balaban J connectivity index is 2.30. The van der Waals surface area contributed by atoms with Crippen LogP contribution >= 0.6 is 0 Å². The predicted molar refractivity (Wildman–Crippen MR) is 71.0 cm³/mol. The number of sulfonamides is 1. The fraction of sp³-hybridized carbons (Fsp3) is 1.00. The molecule has 1 heterocycles. The van der Waals surface area contributed by atoms with Crippen LogP contribution in [0.5, 0.6) is 0 Å². The van der Waals surface area contributed by atoms with Crippen molar-refractivity contribution in [2.45, 2.75) is 19.0 Å². The first-order chi connectivity index (χ1) is 9.21. The molecule has 9 heteroatoms. The molecule has 1 aliphatic heterocycles. The number of nitrogens with one attached hydrogen (secondary N) is 1. The van der Waals surface area contributed by atoms with Gasteiger partial charge in [0.2, 0.25) is 10.0 Å². The van der Waals surface area contributed by atoms with Gasteiger partial charge in [-0.3, -0.25) is 4.90 Å². The van der Waals surface area contributed by atoms with E-state index >= 15 is 0 Å². The molecule has 1 aliphatic rings. The average molecular weight is 317 g/mol. The molecule has 0 saturated carbocycles. The van der Waals surface area contributed by atoms with Gasteiger partial charge >= 0.3 is 6.18 Å². The number of hydrogen-bond donors (Lipinski definition) is 1. The van der Waals surface area contributed by atoms with Crippen molar-refractivity contribution in [1.82, 2.24) is 14.5 Å². The first-order valence-corrected chi connectivity index (χ1v) is 8.25. The van der Waals surface area contributed by atoms with Crippen LogP contribution in [-0.4, -0.2) is 75.9 Å². The molecule has 5 nitrogen and oxygen atoms in total. The van der Waals surface area contributed by atoms with E-state index < -0.39 is 28.4 Å².